The molecule has 0 aliphatic heterocycles. The third kappa shape index (κ3) is 6.88. The van der Waals surface area contributed by atoms with Gasteiger partial charge in [0.1, 0.15) is 5.75 Å². The molecular formula is C35H34N4O7S. The Morgan fingerprint density at radius 3 is 1.91 bits per heavy atom. The van der Waals surface area contributed by atoms with E-state index < -0.39 is 33.7 Å². The molecule has 4 N–H and O–H groups in total. The summed E-state index contributed by atoms with van der Waals surface area (Å²) >= 11 is 0. The van der Waals surface area contributed by atoms with Crippen molar-refractivity contribution < 1.29 is 33.0 Å². The summed E-state index contributed by atoms with van der Waals surface area (Å²) in [7, 11) is -4.36. The Morgan fingerprint density at radius 1 is 0.851 bits per heavy atom. The zero-order valence-corrected chi connectivity index (χ0v) is 27.0. The van der Waals surface area contributed by atoms with E-state index in [1.165, 1.54) is 38.1 Å². The summed E-state index contributed by atoms with van der Waals surface area (Å²) < 4.78 is 36.1. The molecule has 4 aromatic carbocycles. The molecule has 0 bridgehead atoms. The van der Waals surface area contributed by atoms with Gasteiger partial charge in [0.15, 0.2) is 11.6 Å². The van der Waals surface area contributed by atoms with Gasteiger partial charge < -0.3 is 25.6 Å². The number of nitrogens with one attached hydrogen (secondary N) is 2. The lowest BCUT2D eigenvalue weighted by Crippen LogP contribution is -2.16. The van der Waals surface area contributed by atoms with Crippen molar-refractivity contribution in [2.45, 2.75) is 38.7 Å². The van der Waals surface area contributed by atoms with Gasteiger partial charge in [0, 0.05) is 30.5 Å². The molecular weight excluding hydrogens is 620 g/mol. The molecule has 12 heteroatoms. The molecule has 0 saturated heterocycles. The number of hydrogen-bond acceptors (Lipinski definition) is 8. The Balaban J connectivity index is 1.91. The minimum Gasteiger partial charge on any atom is -0.504 e. The lowest BCUT2D eigenvalue weighted by molar-refractivity contribution is -0.115. The summed E-state index contributed by atoms with van der Waals surface area (Å²) in [6.45, 7) is 6.45. The van der Waals surface area contributed by atoms with Crippen LogP contribution in [-0.4, -0.2) is 46.0 Å². The van der Waals surface area contributed by atoms with Gasteiger partial charge in [-0.25, -0.2) is 17.4 Å². The number of carbonyl (C=O) groups excluding carboxylic acids is 2. The number of phenols is 1. The summed E-state index contributed by atoms with van der Waals surface area (Å²) in [5.74, 6) is -0.870. The van der Waals surface area contributed by atoms with Crippen molar-refractivity contribution in [3.05, 3.63) is 96.6 Å². The van der Waals surface area contributed by atoms with Gasteiger partial charge in [0.25, 0.3) is 10.0 Å². The number of aliphatic hydroxyl groups is 1. The van der Waals surface area contributed by atoms with Gasteiger partial charge in [0.05, 0.1) is 40.4 Å². The number of ether oxygens (including phenoxy) is 1. The first-order valence-electron chi connectivity index (χ1n) is 14.8. The Bertz CT molecular complexity index is 2000. The van der Waals surface area contributed by atoms with E-state index in [9.17, 15) is 28.2 Å². The van der Waals surface area contributed by atoms with Crippen LogP contribution in [0.25, 0.3) is 33.9 Å². The Labute approximate surface area is 272 Å². The molecule has 0 aliphatic carbocycles. The Hall–Kier alpha value is -5.46. The van der Waals surface area contributed by atoms with Crippen LogP contribution in [0, 0.1) is 0 Å². The fraction of sp³-hybridized carbons (Fsp3) is 0.171. The highest BCUT2D eigenvalue weighted by Gasteiger charge is 2.31. The van der Waals surface area contributed by atoms with Crippen molar-refractivity contribution in [2.24, 2.45) is 0 Å². The maximum atomic E-state index is 14.6. The fourth-order valence-electron chi connectivity index (χ4n) is 5.10. The topological polar surface area (TPSA) is 160 Å². The van der Waals surface area contributed by atoms with E-state index in [2.05, 4.69) is 10.6 Å². The molecule has 1 aromatic heterocycles. The number of aromatic nitrogens is 2. The molecule has 0 fully saturated rings. The number of carbonyl (C=O) groups is 2. The molecule has 1 heterocycles. The SMILES string of the molecule is CCOc1ccc(-c2c(-c3ccc(C(C)O)cc3)nc(-c3cc(NC(C)=O)c(O)c(NC(C)=O)c3)n2S(=O)(=O)c2ccccc2)cc1. The standard InChI is InChI=1S/C35H34N4O7S/c1-5-46-28-17-15-26(16-18-28)33-32(25-13-11-24(12-14-25)21(2)40)38-35(39(33)47(44,45)29-9-7-6-8-10-29)27-19-30(36-22(3)41)34(43)31(20-27)37-23(4)42/h6-21,40,43H,5H2,1-4H3,(H,36,41)(H,37,42). The van der Waals surface area contributed by atoms with E-state index in [4.69, 9.17) is 9.72 Å². The number of aliphatic hydroxyl groups excluding tert-OH is 1. The number of aromatic hydroxyl groups is 1. The number of nitrogens with zero attached hydrogens (tertiary/aromatic N) is 2. The zero-order valence-electron chi connectivity index (χ0n) is 26.2. The lowest BCUT2D eigenvalue weighted by atomic mass is 10.0. The van der Waals surface area contributed by atoms with Crippen LogP contribution < -0.4 is 15.4 Å². The monoisotopic (exact) mass is 654 g/mol. The number of imidazole rings is 1. The molecule has 2 amide bonds. The van der Waals surface area contributed by atoms with Crippen LogP contribution in [0.15, 0.2) is 95.9 Å². The minimum atomic E-state index is -4.36. The smallest absolute Gasteiger partial charge is 0.270 e. The van der Waals surface area contributed by atoms with E-state index in [0.717, 1.165) is 3.97 Å². The first-order valence-corrected chi connectivity index (χ1v) is 16.2. The van der Waals surface area contributed by atoms with Crippen LogP contribution in [0.4, 0.5) is 11.4 Å². The van der Waals surface area contributed by atoms with Gasteiger partial charge in [-0.15, -0.1) is 0 Å². The van der Waals surface area contributed by atoms with Crippen LogP contribution in [0.3, 0.4) is 0 Å². The molecule has 5 aromatic rings. The zero-order chi connectivity index (χ0) is 33.9. The van der Waals surface area contributed by atoms with Crippen LogP contribution in [0.1, 0.15) is 39.4 Å². The summed E-state index contributed by atoms with van der Waals surface area (Å²) in [5.41, 5.74) is 2.31. The largest absolute Gasteiger partial charge is 0.504 e. The molecule has 47 heavy (non-hydrogen) atoms. The molecule has 0 saturated carbocycles. The van der Waals surface area contributed by atoms with Crippen LogP contribution >= 0.6 is 0 Å². The Morgan fingerprint density at radius 2 is 1.40 bits per heavy atom. The van der Waals surface area contributed by atoms with Crippen molar-refractivity contribution >= 4 is 33.2 Å². The molecule has 11 nitrogen and oxygen atoms in total. The summed E-state index contributed by atoms with van der Waals surface area (Å²) in [4.78, 5) is 29.1. The quantitative estimate of drug-likeness (QED) is 0.130. The number of amides is 2. The third-order valence-electron chi connectivity index (χ3n) is 7.21. The third-order valence-corrected chi connectivity index (χ3v) is 8.92. The number of benzene rings is 4. The molecule has 1 unspecified atom stereocenters. The Kier molecular flexibility index (Phi) is 9.45. The first-order chi connectivity index (χ1) is 22.4. The van der Waals surface area contributed by atoms with E-state index in [1.807, 2.05) is 6.92 Å². The first kappa shape index (κ1) is 32.9. The molecule has 0 spiro atoms. The summed E-state index contributed by atoms with van der Waals surface area (Å²) in [6, 6.07) is 24.5. The number of rotatable bonds is 10. The number of phenolic OH excluding ortho intramolecular Hbond substituents is 1. The summed E-state index contributed by atoms with van der Waals surface area (Å²) in [6.07, 6.45) is -0.724. The lowest BCUT2D eigenvalue weighted by Gasteiger charge is -2.17. The van der Waals surface area contributed by atoms with Gasteiger partial charge in [-0.05, 0) is 67.9 Å². The van der Waals surface area contributed by atoms with Gasteiger partial charge >= 0.3 is 0 Å². The highest BCUT2D eigenvalue weighted by Crippen LogP contribution is 2.43. The minimum absolute atomic E-state index is 0.00946. The van der Waals surface area contributed by atoms with Gasteiger partial charge in [-0.3, -0.25) is 9.59 Å². The van der Waals surface area contributed by atoms with Crippen molar-refractivity contribution in [3.8, 4) is 45.4 Å². The van der Waals surface area contributed by atoms with Gasteiger partial charge in [-0.2, -0.15) is 0 Å². The van der Waals surface area contributed by atoms with Gasteiger partial charge in [0.2, 0.25) is 11.8 Å². The van der Waals surface area contributed by atoms with E-state index in [-0.39, 0.29) is 33.4 Å². The average molecular weight is 655 g/mol. The predicted molar refractivity (Wildman–Crippen MR) is 180 cm³/mol. The second-order valence-corrected chi connectivity index (χ2v) is 12.5. The van der Waals surface area contributed by atoms with Crippen LogP contribution in [0.5, 0.6) is 11.5 Å². The second kappa shape index (κ2) is 13.5. The normalized spacial score (nSPS) is 11.9. The molecule has 0 radical (unpaired) electrons. The van der Waals surface area contributed by atoms with E-state index in [0.29, 0.717) is 34.7 Å². The van der Waals surface area contributed by atoms with Crippen molar-refractivity contribution in [1.29, 1.82) is 0 Å². The second-order valence-electron chi connectivity index (χ2n) is 10.8. The number of hydrogen-bond donors (Lipinski definition) is 4. The predicted octanol–water partition coefficient (Wildman–Crippen LogP) is 6.20. The van der Waals surface area contributed by atoms with E-state index in [1.54, 1.807) is 73.7 Å². The van der Waals surface area contributed by atoms with Crippen molar-refractivity contribution in [3.63, 3.8) is 0 Å². The highest BCUT2D eigenvalue weighted by atomic mass is 32.2. The molecule has 242 valence electrons. The fourth-order valence-corrected chi connectivity index (χ4v) is 6.62. The van der Waals surface area contributed by atoms with Gasteiger partial charge in [-0.1, -0.05) is 42.5 Å². The number of anilines is 2. The van der Waals surface area contributed by atoms with E-state index >= 15 is 0 Å². The van der Waals surface area contributed by atoms with Crippen LogP contribution in [-0.2, 0) is 19.6 Å². The maximum Gasteiger partial charge on any atom is 0.270 e. The summed E-state index contributed by atoms with van der Waals surface area (Å²) in [5, 5.41) is 26.1. The molecule has 5 rings (SSSR count). The molecule has 0 aliphatic rings. The van der Waals surface area contributed by atoms with Crippen molar-refractivity contribution in [2.75, 3.05) is 17.2 Å². The highest BCUT2D eigenvalue weighted by molar-refractivity contribution is 7.90. The molecule has 1 atom stereocenters. The average Bonchev–Trinajstić information content (AvgIpc) is 3.45. The van der Waals surface area contributed by atoms with Crippen molar-refractivity contribution in [1.82, 2.24) is 8.96 Å². The van der Waals surface area contributed by atoms with Crippen LogP contribution in [0.2, 0.25) is 0 Å². The maximum absolute atomic E-state index is 14.6.